The molecular weight excluding hydrogens is 273 g/mol. The van der Waals surface area contributed by atoms with Gasteiger partial charge < -0.3 is 0 Å². The maximum absolute atomic E-state index is 9.32. The second-order valence-electron chi connectivity index (χ2n) is 4.30. The molecule has 1 aliphatic heterocycles. The van der Waals surface area contributed by atoms with E-state index in [-0.39, 0.29) is 30.7 Å². The van der Waals surface area contributed by atoms with E-state index in [0.717, 1.165) is 0 Å². The van der Waals surface area contributed by atoms with E-state index in [2.05, 4.69) is 29.2 Å². The van der Waals surface area contributed by atoms with Gasteiger partial charge in [-0.3, -0.25) is 0 Å². The van der Waals surface area contributed by atoms with Gasteiger partial charge >= 0.3 is 108 Å². The van der Waals surface area contributed by atoms with Crippen LogP contribution in [-0.4, -0.2) is 34.7 Å². The van der Waals surface area contributed by atoms with Gasteiger partial charge in [-0.1, -0.05) is 0 Å². The van der Waals surface area contributed by atoms with Gasteiger partial charge in [0, 0.05) is 0 Å². The summed E-state index contributed by atoms with van der Waals surface area (Å²) in [6.07, 6.45) is 0. The first kappa shape index (κ1) is 12.2. The van der Waals surface area contributed by atoms with E-state index in [9.17, 15) is 5.26 Å². The molecule has 0 spiro atoms. The fourth-order valence-electron chi connectivity index (χ4n) is 2.36. The van der Waals surface area contributed by atoms with Crippen molar-refractivity contribution in [2.24, 2.45) is 5.92 Å². The first-order valence-electron chi connectivity index (χ1n) is 5.41. The van der Waals surface area contributed by atoms with Crippen LogP contribution in [0.4, 0.5) is 0 Å². The van der Waals surface area contributed by atoms with Gasteiger partial charge in [-0.25, -0.2) is 0 Å². The molecule has 1 aromatic rings. The molecule has 2 rings (SSSR count). The van der Waals surface area contributed by atoms with Gasteiger partial charge in [0.05, 0.1) is 0 Å². The zero-order valence-corrected chi connectivity index (χ0v) is 11.7. The SMILES string of the molecule is CN(C)[C@]1(c2ccccc2)[As][C@H](C#N)[C@H]1C#N. The molecule has 3 nitrogen and oxygen atoms in total. The van der Waals surface area contributed by atoms with E-state index >= 15 is 0 Å². The second kappa shape index (κ2) is 4.53. The molecule has 0 saturated carbocycles. The summed E-state index contributed by atoms with van der Waals surface area (Å²) in [5, 5.41) is 18.4. The van der Waals surface area contributed by atoms with Gasteiger partial charge in [-0.15, -0.1) is 0 Å². The molecule has 1 fully saturated rings. The Hall–Kier alpha value is -1.28. The number of nitriles is 2. The van der Waals surface area contributed by atoms with E-state index in [1.165, 1.54) is 5.56 Å². The Bertz CT molecular complexity index is 486. The summed E-state index contributed by atoms with van der Waals surface area (Å²) in [6.45, 7) is 0. The van der Waals surface area contributed by atoms with E-state index in [0.29, 0.717) is 0 Å². The maximum atomic E-state index is 9.32. The molecule has 1 saturated heterocycles. The fourth-order valence-corrected chi connectivity index (χ4v) is 5.64. The Labute approximate surface area is 108 Å². The molecule has 0 bridgehead atoms. The van der Waals surface area contributed by atoms with Gasteiger partial charge in [0.15, 0.2) is 0 Å². The zero-order chi connectivity index (χ0) is 12.5. The molecule has 1 radical (unpaired) electrons. The Morgan fingerprint density at radius 3 is 2.29 bits per heavy atom. The summed E-state index contributed by atoms with van der Waals surface area (Å²) < 4.78 is -0.258. The van der Waals surface area contributed by atoms with Crippen LogP contribution < -0.4 is 0 Å². The quantitative estimate of drug-likeness (QED) is 0.775. The van der Waals surface area contributed by atoms with E-state index in [1.807, 2.05) is 32.3 Å². The Balaban J connectivity index is 2.45. The standard InChI is InChI=1S/C13H13AsN3/c1-17(2)13(10-6-4-3-5-7-10)11(8-15)12(9-16)14-13/h3-7,11-12H,1-2H3/t11-,12-,13+/m1/s1. The third-order valence-electron chi connectivity index (χ3n) is 3.24. The molecule has 0 unspecified atom stereocenters. The van der Waals surface area contributed by atoms with Gasteiger partial charge in [0.25, 0.3) is 0 Å². The van der Waals surface area contributed by atoms with Gasteiger partial charge in [0.1, 0.15) is 0 Å². The molecule has 1 aliphatic rings. The number of nitrogens with zero attached hydrogens (tertiary/aromatic N) is 3. The summed E-state index contributed by atoms with van der Waals surface area (Å²) >= 11 is -0.190. The minimum absolute atomic E-state index is 0.0566. The summed E-state index contributed by atoms with van der Waals surface area (Å²) in [5.41, 5.74) is 1.17. The van der Waals surface area contributed by atoms with E-state index in [4.69, 9.17) is 5.26 Å². The molecule has 17 heavy (non-hydrogen) atoms. The summed E-state index contributed by atoms with van der Waals surface area (Å²) in [5.74, 6) is -0.204. The van der Waals surface area contributed by atoms with Crippen LogP contribution >= 0.6 is 0 Å². The van der Waals surface area contributed by atoms with Crippen LogP contribution in [0.5, 0.6) is 0 Å². The first-order chi connectivity index (χ1) is 8.16. The van der Waals surface area contributed by atoms with Crippen molar-refractivity contribution in [2.45, 2.75) is 9.03 Å². The van der Waals surface area contributed by atoms with Crippen LogP contribution in [0.2, 0.25) is 4.71 Å². The molecule has 0 amide bonds. The molecule has 1 aromatic carbocycles. The van der Waals surface area contributed by atoms with Crippen molar-refractivity contribution in [3.63, 3.8) is 0 Å². The first-order valence-corrected chi connectivity index (χ1v) is 7.43. The van der Waals surface area contributed by atoms with Crippen molar-refractivity contribution in [1.82, 2.24) is 4.90 Å². The number of hydrogen-bond acceptors (Lipinski definition) is 3. The Morgan fingerprint density at radius 2 is 1.82 bits per heavy atom. The molecule has 0 N–H and O–H groups in total. The van der Waals surface area contributed by atoms with Crippen molar-refractivity contribution in [1.29, 1.82) is 10.5 Å². The van der Waals surface area contributed by atoms with Crippen LogP contribution in [-0.2, 0) is 4.33 Å². The zero-order valence-electron chi connectivity index (χ0n) is 9.83. The summed E-state index contributed by atoms with van der Waals surface area (Å²) in [7, 11) is 4.00. The van der Waals surface area contributed by atoms with Crippen molar-refractivity contribution >= 4 is 15.8 Å². The van der Waals surface area contributed by atoms with Gasteiger partial charge in [-0.05, 0) is 0 Å². The normalized spacial score (nSPS) is 32.8. The number of hydrogen-bond donors (Lipinski definition) is 0. The van der Waals surface area contributed by atoms with Crippen LogP contribution in [0, 0.1) is 28.6 Å². The molecular formula is C13H13AsN3. The number of benzene rings is 1. The third-order valence-corrected chi connectivity index (χ3v) is 7.48. The topological polar surface area (TPSA) is 50.8 Å². The predicted octanol–water partition coefficient (Wildman–Crippen LogP) is 1.57. The monoisotopic (exact) mass is 286 g/mol. The van der Waals surface area contributed by atoms with E-state index < -0.39 is 0 Å². The average Bonchev–Trinajstić information content (AvgIpc) is 2.30. The van der Waals surface area contributed by atoms with Crippen molar-refractivity contribution < 1.29 is 0 Å². The van der Waals surface area contributed by atoms with Gasteiger partial charge in [-0.2, -0.15) is 0 Å². The van der Waals surface area contributed by atoms with E-state index in [1.54, 1.807) is 0 Å². The summed E-state index contributed by atoms with van der Waals surface area (Å²) in [4.78, 5) is 2.12. The third kappa shape index (κ3) is 1.67. The Kier molecular flexibility index (Phi) is 3.25. The Morgan fingerprint density at radius 1 is 1.18 bits per heavy atom. The van der Waals surface area contributed by atoms with Gasteiger partial charge in [0.2, 0.25) is 0 Å². The molecule has 0 aliphatic carbocycles. The molecule has 85 valence electrons. The fraction of sp³-hybridized carbons (Fsp3) is 0.385. The second-order valence-corrected chi connectivity index (χ2v) is 7.44. The predicted molar refractivity (Wildman–Crippen MR) is 66.0 cm³/mol. The molecule has 1 heterocycles. The van der Waals surface area contributed by atoms with Crippen molar-refractivity contribution in [3.8, 4) is 12.1 Å². The van der Waals surface area contributed by atoms with Crippen LogP contribution in [0.25, 0.3) is 0 Å². The molecule has 3 atom stereocenters. The van der Waals surface area contributed by atoms with Crippen LogP contribution in [0.3, 0.4) is 0 Å². The average molecular weight is 286 g/mol. The minimum atomic E-state index is -0.204. The van der Waals surface area contributed by atoms with Crippen LogP contribution in [0.15, 0.2) is 30.3 Å². The van der Waals surface area contributed by atoms with Crippen LogP contribution in [0.1, 0.15) is 5.56 Å². The summed E-state index contributed by atoms with van der Waals surface area (Å²) in [6, 6.07) is 14.7. The van der Waals surface area contributed by atoms with Crippen molar-refractivity contribution in [3.05, 3.63) is 35.9 Å². The van der Waals surface area contributed by atoms with Crippen molar-refractivity contribution in [2.75, 3.05) is 14.1 Å². The molecule has 4 heteroatoms. The molecule has 0 aromatic heterocycles. The number of rotatable bonds is 2.